The maximum atomic E-state index is 12.7. The first-order valence-electron chi connectivity index (χ1n) is 9.41. The number of pyridine rings is 1. The number of nitrogens with zero attached hydrogens (tertiary/aromatic N) is 2. The normalized spacial score (nSPS) is 15.3. The predicted molar refractivity (Wildman–Crippen MR) is 114 cm³/mol. The molecule has 1 fully saturated rings. The zero-order chi connectivity index (χ0) is 20.4. The van der Waals surface area contributed by atoms with Crippen molar-refractivity contribution in [2.24, 2.45) is 0 Å². The molecule has 150 valence electrons. The highest BCUT2D eigenvalue weighted by Gasteiger charge is 2.26. The number of fused-ring (bicyclic) bond motifs is 1. The van der Waals surface area contributed by atoms with E-state index in [1.54, 1.807) is 30.5 Å². The Hall–Kier alpha value is -2.48. The predicted octanol–water partition coefficient (Wildman–Crippen LogP) is 4.32. The van der Waals surface area contributed by atoms with E-state index in [0.29, 0.717) is 29.4 Å². The highest BCUT2D eigenvalue weighted by molar-refractivity contribution is 7.89. The van der Waals surface area contributed by atoms with Crippen molar-refractivity contribution in [3.63, 3.8) is 0 Å². The molecule has 29 heavy (non-hydrogen) atoms. The molecule has 6 nitrogen and oxygen atoms in total. The number of carbonyl (C=O) groups is 1. The first-order chi connectivity index (χ1) is 13.9. The van der Waals surface area contributed by atoms with Crippen LogP contribution in [0.15, 0.2) is 59.6 Å². The van der Waals surface area contributed by atoms with Crippen molar-refractivity contribution in [2.45, 2.75) is 24.2 Å². The van der Waals surface area contributed by atoms with Gasteiger partial charge in [-0.25, -0.2) is 8.42 Å². The van der Waals surface area contributed by atoms with Gasteiger partial charge in [-0.2, -0.15) is 4.31 Å². The van der Waals surface area contributed by atoms with Crippen molar-refractivity contribution in [1.82, 2.24) is 9.29 Å². The van der Waals surface area contributed by atoms with E-state index in [1.165, 1.54) is 28.6 Å². The van der Waals surface area contributed by atoms with Crippen LogP contribution in [0.5, 0.6) is 0 Å². The number of piperidine rings is 1. The number of anilines is 1. The summed E-state index contributed by atoms with van der Waals surface area (Å²) < 4.78 is 27.0. The van der Waals surface area contributed by atoms with E-state index in [9.17, 15) is 13.2 Å². The Morgan fingerprint density at radius 1 is 1.00 bits per heavy atom. The van der Waals surface area contributed by atoms with Gasteiger partial charge in [-0.3, -0.25) is 9.78 Å². The molecule has 8 heteroatoms. The highest BCUT2D eigenvalue weighted by atomic mass is 35.5. The Labute approximate surface area is 174 Å². The molecule has 0 spiro atoms. The summed E-state index contributed by atoms with van der Waals surface area (Å²) in [5, 5.41) is 4.14. The van der Waals surface area contributed by atoms with Gasteiger partial charge in [0.15, 0.2) is 0 Å². The first kappa shape index (κ1) is 19.8. The van der Waals surface area contributed by atoms with Gasteiger partial charge in [-0.05, 0) is 61.4 Å². The molecule has 2 heterocycles. The van der Waals surface area contributed by atoms with Crippen LogP contribution in [0.2, 0.25) is 5.02 Å². The van der Waals surface area contributed by atoms with Crippen molar-refractivity contribution >= 4 is 44.1 Å². The van der Waals surface area contributed by atoms with Gasteiger partial charge in [0.05, 0.1) is 16.1 Å². The Morgan fingerprint density at radius 3 is 2.45 bits per heavy atom. The number of amides is 1. The fourth-order valence-electron chi connectivity index (χ4n) is 3.45. The van der Waals surface area contributed by atoms with Gasteiger partial charge in [0.25, 0.3) is 5.91 Å². The van der Waals surface area contributed by atoms with Crippen LogP contribution in [0.3, 0.4) is 0 Å². The van der Waals surface area contributed by atoms with Crippen LogP contribution in [0, 0.1) is 0 Å². The number of sulfonamides is 1. The van der Waals surface area contributed by atoms with Crippen molar-refractivity contribution in [3.8, 4) is 0 Å². The molecule has 1 aromatic heterocycles. The number of benzene rings is 2. The lowest BCUT2D eigenvalue weighted by Gasteiger charge is -2.25. The van der Waals surface area contributed by atoms with Crippen LogP contribution < -0.4 is 5.32 Å². The second kappa shape index (κ2) is 8.10. The number of halogens is 1. The number of aromatic nitrogens is 1. The topological polar surface area (TPSA) is 79.4 Å². The minimum atomic E-state index is -3.52. The van der Waals surface area contributed by atoms with E-state index in [-0.39, 0.29) is 10.8 Å². The fraction of sp³-hybridized carbons (Fsp3) is 0.238. The SMILES string of the molecule is O=C(Nc1ccnc2ccc(Cl)cc12)c1ccc(S(=O)(=O)N2CCCCC2)cc1. The summed E-state index contributed by atoms with van der Waals surface area (Å²) in [6, 6.07) is 13.0. The molecule has 0 unspecified atom stereocenters. The van der Waals surface area contributed by atoms with Gasteiger partial charge in [0.1, 0.15) is 0 Å². The van der Waals surface area contributed by atoms with Crippen molar-refractivity contribution in [2.75, 3.05) is 18.4 Å². The molecule has 1 amide bonds. The lowest BCUT2D eigenvalue weighted by Crippen LogP contribution is -2.35. The average Bonchev–Trinajstić information content (AvgIpc) is 2.75. The molecule has 1 aliphatic rings. The quantitative estimate of drug-likeness (QED) is 0.670. The Balaban J connectivity index is 1.55. The summed E-state index contributed by atoms with van der Waals surface area (Å²) in [4.78, 5) is 17.2. The van der Waals surface area contributed by atoms with Gasteiger partial charge in [0.2, 0.25) is 10.0 Å². The van der Waals surface area contributed by atoms with Crippen molar-refractivity contribution < 1.29 is 13.2 Å². The molecule has 1 N–H and O–H groups in total. The summed E-state index contributed by atoms with van der Waals surface area (Å²) >= 11 is 6.07. The third kappa shape index (κ3) is 4.12. The molecule has 1 aliphatic heterocycles. The number of rotatable bonds is 4. The monoisotopic (exact) mass is 429 g/mol. The van der Waals surface area contributed by atoms with Gasteiger partial charge in [0, 0.05) is 35.3 Å². The van der Waals surface area contributed by atoms with Crippen LogP contribution in [0.4, 0.5) is 5.69 Å². The maximum Gasteiger partial charge on any atom is 0.255 e. The maximum absolute atomic E-state index is 12.7. The molecule has 0 saturated carbocycles. The Morgan fingerprint density at radius 2 is 1.72 bits per heavy atom. The number of hydrogen-bond acceptors (Lipinski definition) is 4. The van der Waals surface area contributed by atoms with E-state index in [4.69, 9.17) is 11.6 Å². The fourth-order valence-corrected chi connectivity index (χ4v) is 5.14. The van der Waals surface area contributed by atoms with Gasteiger partial charge in [-0.15, -0.1) is 0 Å². The minimum absolute atomic E-state index is 0.206. The largest absolute Gasteiger partial charge is 0.321 e. The van der Waals surface area contributed by atoms with E-state index in [1.807, 2.05) is 0 Å². The van der Waals surface area contributed by atoms with Crippen molar-refractivity contribution in [3.05, 3.63) is 65.3 Å². The van der Waals surface area contributed by atoms with E-state index >= 15 is 0 Å². The molecular formula is C21H20ClN3O3S. The van der Waals surface area contributed by atoms with Crippen LogP contribution in [-0.2, 0) is 10.0 Å². The third-order valence-corrected chi connectivity index (χ3v) is 7.17. The molecule has 2 aromatic carbocycles. The molecule has 0 radical (unpaired) electrons. The summed E-state index contributed by atoms with van der Waals surface area (Å²) in [7, 11) is -3.52. The van der Waals surface area contributed by atoms with Gasteiger partial charge in [-0.1, -0.05) is 18.0 Å². The van der Waals surface area contributed by atoms with Gasteiger partial charge >= 0.3 is 0 Å². The summed E-state index contributed by atoms with van der Waals surface area (Å²) in [5.74, 6) is -0.334. The van der Waals surface area contributed by atoms with E-state index < -0.39 is 10.0 Å². The molecule has 3 aromatic rings. The second-order valence-corrected chi connectivity index (χ2v) is 9.34. The lowest BCUT2D eigenvalue weighted by molar-refractivity contribution is 0.102. The molecule has 0 bridgehead atoms. The van der Waals surface area contributed by atoms with Gasteiger partial charge < -0.3 is 5.32 Å². The Kier molecular flexibility index (Phi) is 5.54. The lowest BCUT2D eigenvalue weighted by atomic mass is 10.1. The summed E-state index contributed by atoms with van der Waals surface area (Å²) in [6.45, 7) is 1.09. The minimum Gasteiger partial charge on any atom is -0.321 e. The van der Waals surface area contributed by atoms with Crippen molar-refractivity contribution in [1.29, 1.82) is 0 Å². The first-order valence-corrected chi connectivity index (χ1v) is 11.2. The Bertz CT molecular complexity index is 1160. The third-order valence-electron chi connectivity index (χ3n) is 5.02. The van der Waals surface area contributed by atoms with Crippen LogP contribution in [0.1, 0.15) is 29.6 Å². The molecule has 0 atom stereocenters. The molecule has 4 rings (SSSR count). The number of nitrogens with one attached hydrogen (secondary N) is 1. The molecular weight excluding hydrogens is 410 g/mol. The average molecular weight is 430 g/mol. The smallest absolute Gasteiger partial charge is 0.255 e. The summed E-state index contributed by atoms with van der Waals surface area (Å²) in [5.41, 5.74) is 1.68. The highest BCUT2D eigenvalue weighted by Crippen LogP contribution is 2.26. The summed E-state index contributed by atoms with van der Waals surface area (Å²) in [6.07, 6.45) is 4.42. The number of carbonyl (C=O) groups excluding carboxylic acids is 1. The molecule has 0 aliphatic carbocycles. The van der Waals surface area contributed by atoms with Crippen LogP contribution >= 0.6 is 11.6 Å². The van der Waals surface area contributed by atoms with Crippen LogP contribution in [-0.4, -0.2) is 36.7 Å². The zero-order valence-corrected chi connectivity index (χ0v) is 17.2. The van der Waals surface area contributed by atoms with E-state index in [0.717, 1.165) is 30.2 Å². The molecule has 1 saturated heterocycles. The van der Waals surface area contributed by atoms with E-state index in [2.05, 4.69) is 10.3 Å². The zero-order valence-electron chi connectivity index (χ0n) is 15.6. The number of hydrogen-bond donors (Lipinski definition) is 1. The van der Waals surface area contributed by atoms with Crippen LogP contribution in [0.25, 0.3) is 10.9 Å². The standard InChI is InChI=1S/C21H20ClN3O3S/c22-16-6-9-19-18(14-16)20(10-11-23-19)24-21(26)15-4-7-17(8-5-15)29(27,28)25-12-2-1-3-13-25/h4-11,14H,1-3,12-13H2,(H,23,24,26). The second-order valence-electron chi connectivity index (χ2n) is 6.96.